The van der Waals surface area contributed by atoms with Gasteiger partial charge in [0.15, 0.2) is 0 Å². The third kappa shape index (κ3) is 2.53. The molecule has 0 aliphatic heterocycles. The van der Waals surface area contributed by atoms with Gasteiger partial charge >= 0.3 is 0 Å². The Hall–Kier alpha value is -0.380. The first-order valence-electron chi connectivity index (χ1n) is 4.80. The van der Waals surface area contributed by atoms with Crippen LogP contribution in [0.15, 0.2) is 0 Å². The number of aromatic nitrogens is 3. The highest BCUT2D eigenvalue weighted by atomic mass is 79.9. The summed E-state index contributed by atoms with van der Waals surface area (Å²) in [5, 5.41) is 9.11. The SMILES string of the molecule is CCCc1nnc(CBr)n1CCC. The summed E-state index contributed by atoms with van der Waals surface area (Å²) in [6.07, 6.45) is 3.29. The Morgan fingerprint density at radius 2 is 1.85 bits per heavy atom. The average molecular weight is 246 g/mol. The molecule has 0 bridgehead atoms. The standard InChI is InChI=1S/C9H16BrN3/c1-3-5-8-11-12-9(7-10)13(8)6-4-2/h3-7H2,1-2H3. The van der Waals surface area contributed by atoms with E-state index in [0.29, 0.717) is 0 Å². The van der Waals surface area contributed by atoms with Crippen molar-refractivity contribution in [3.63, 3.8) is 0 Å². The minimum atomic E-state index is 0.795. The molecule has 13 heavy (non-hydrogen) atoms. The Morgan fingerprint density at radius 3 is 2.38 bits per heavy atom. The Labute approximate surface area is 87.7 Å². The number of nitrogens with zero attached hydrogens (tertiary/aromatic N) is 3. The number of hydrogen-bond acceptors (Lipinski definition) is 2. The van der Waals surface area contributed by atoms with Crippen LogP contribution in [0, 0.1) is 0 Å². The van der Waals surface area contributed by atoms with E-state index in [1.54, 1.807) is 0 Å². The largest absolute Gasteiger partial charge is 0.314 e. The number of halogens is 1. The second kappa shape index (κ2) is 5.37. The van der Waals surface area contributed by atoms with Crippen molar-refractivity contribution in [3.05, 3.63) is 11.6 Å². The van der Waals surface area contributed by atoms with Crippen molar-refractivity contribution in [1.29, 1.82) is 0 Å². The first-order chi connectivity index (χ1) is 6.33. The first kappa shape index (κ1) is 10.7. The second-order valence-corrected chi connectivity index (χ2v) is 3.63. The molecule has 0 N–H and O–H groups in total. The molecule has 0 radical (unpaired) electrons. The molecule has 1 aromatic heterocycles. The zero-order valence-corrected chi connectivity index (χ0v) is 9.84. The van der Waals surface area contributed by atoms with Gasteiger partial charge in [-0.1, -0.05) is 29.8 Å². The molecule has 0 aliphatic carbocycles. The van der Waals surface area contributed by atoms with Crippen LogP contribution in [-0.2, 0) is 18.3 Å². The van der Waals surface area contributed by atoms with Gasteiger partial charge in [-0.05, 0) is 12.8 Å². The molecule has 1 heterocycles. The van der Waals surface area contributed by atoms with Crippen molar-refractivity contribution in [1.82, 2.24) is 14.8 Å². The molecular weight excluding hydrogens is 230 g/mol. The summed E-state index contributed by atoms with van der Waals surface area (Å²) in [7, 11) is 0. The van der Waals surface area contributed by atoms with Crippen LogP contribution >= 0.6 is 15.9 Å². The monoisotopic (exact) mass is 245 g/mol. The lowest BCUT2D eigenvalue weighted by Crippen LogP contribution is -2.06. The second-order valence-electron chi connectivity index (χ2n) is 3.07. The fraction of sp³-hybridized carbons (Fsp3) is 0.778. The number of aryl methyl sites for hydroxylation is 1. The van der Waals surface area contributed by atoms with E-state index in [2.05, 4.69) is 44.5 Å². The zero-order chi connectivity index (χ0) is 9.68. The number of alkyl halides is 1. The maximum Gasteiger partial charge on any atom is 0.143 e. The van der Waals surface area contributed by atoms with Gasteiger partial charge in [0.2, 0.25) is 0 Å². The smallest absolute Gasteiger partial charge is 0.143 e. The Kier molecular flexibility index (Phi) is 4.42. The molecule has 0 saturated heterocycles. The predicted octanol–water partition coefficient (Wildman–Crippen LogP) is 2.54. The fourth-order valence-electron chi connectivity index (χ4n) is 1.36. The summed E-state index contributed by atoms with van der Waals surface area (Å²) in [5.41, 5.74) is 0. The van der Waals surface area contributed by atoms with Crippen LogP contribution in [0.25, 0.3) is 0 Å². The lowest BCUT2D eigenvalue weighted by molar-refractivity contribution is 0.615. The van der Waals surface area contributed by atoms with Gasteiger partial charge in [0.05, 0.1) is 5.33 Å². The van der Waals surface area contributed by atoms with Gasteiger partial charge in [0.25, 0.3) is 0 Å². The normalized spacial score (nSPS) is 10.7. The molecule has 0 aliphatic rings. The molecule has 0 unspecified atom stereocenters. The highest BCUT2D eigenvalue weighted by molar-refractivity contribution is 9.08. The van der Waals surface area contributed by atoms with Gasteiger partial charge in [-0.25, -0.2) is 0 Å². The molecule has 1 aromatic rings. The summed E-state index contributed by atoms with van der Waals surface area (Å²) in [4.78, 5) is 0. The van der Waals surface area contributed by atoms with Crippen LogP contribution in [-0.4, -0.2) is 14.8 Å². The van der Waals surface area contributed by atoms with E-state index in [4.69, 9.17) is 0 Å². The number of rotatable bonds is 5. The maximum absolute atomic E-state index is 4.18. The Morgan fingerprint density at radius 1 is 1.15 bits per heavy atom. The van der Waals surface area contributed by atoms with Crippen molar-refractivity contribution in [2.24, 2.45) is 0 Å². The minimum absolute atomic E-state index is 0.795. The molecule has 74 valence electrons. The van der Waals surface area contributed by atoms with E-state index in [1.165, 1.54) is 0 Å². The van der Waals surface area contributed by atoms with Crippen LogP contribution in [0.3, 0.4) is 0 Å². The molecule has 4 heteroatoms. The molecule has 0 saturated carbocycles. The van der Waals surface area contributed by atoms with Gasteiger partial charge in [-0.15, -0.1) is 10.2 Å². The summed E-state index contributed by atoms with van der Waals surface area (Å²) < 4.78 is 2.22. The minimum Gasteiger partial charge on any atom is -0.314 e. The van der Waals surface area contributed by atoms with Crippen LogP contribution in [0.2, 0.25) is 0 Å². The highest BCUT2D eigenvalue weighted by Crippen LogP contribution is 2.08. The molecule has 0 fully saturated rings. The lowest BCUT2D eigenvalue weighted by Gasteiger charge is -2.06. The van der Waals surface area contributed by atoms with Crippen molar-refractivity contribution < 1.29 is 0 Å². The van der Waals surface area contributed by atoms with Crippen molar-refractivity contribution >= 4 is 15.9 Å². The zero-order valence-electron chi connectivity index (χ0n) is 8.26. The van der Waals surface area contributed by atoms with E-state index < -0.39 is 0 Å². The third-order valence-corrected chi connectivity index (χ3v) is 2.45. The topological polar surface area (TPSA) is 30.7 Å². The average Bonchev–Trinajstić information content (AvgIpc) is 2.50. The molecule has 0 spiro atoms. The first-order valence-corrected chi connectivity index (χ1v) is 5.92. The highest BCUT2D eigenvalue weighted by Gasteiger charge is 2.08. The van der Waals surface area contributed by atoms with Gasteiger partial charge in [-0.2, -0.15) is 0 Å². The van der Waals surface area contributed by atoms with Crippen molar-refractivity contribution in [3.8, 4) is 0 Å². The third-order valence-electron chi connectivity index (χ3n) is 1.94. The lowest BCUT2D eigenvalue weighted by atomic mass is 10.3. The molecule has 1 rings (SSSR count). The summed E-state index contributed by atoms with van der Waals surface area (Å²) in [5.74, 6) is 2.17. The fourth-order valence-corrected chi connectivity index (χ4v) is 1.78. The Balaban J connectivity index is 2.85. The van der Waals surface area contributed by atoms with E-state index >= 15 is 0 Å². The van der Waals surface area contributed by atoms with Gasteiger partial charge in [-0.3, -0.25) is 0 Å². The summed E-state index contributed by atoms with van der Waals surface area (Å²) in [6, 6.07) is 0. The maximum atomic E-state index is 4.18. The van der Waals surface area contributed by atoms with E-state index in [-0.39, 0.29) is 0 Å². The quantitative estimate of drug-likeness (QED) is 0.747. The molecule has 0 aromatic carbocycles. The molecular formula is C9H16BrN3. The van der Waals surface area contributed by atoms with E-state index in [0.717, 1.165) is 42.8 Å². The summed E-state index contributed by atoms with van der Waals surface area (Å²) in [6.45, 7) is 5.37. The van der Waals surface area contributed by atoms with E-state index in [9.17, 15) is 0 Å². The van der Waals surface area contributed by atoms with Crippen molar-refractivity contribution in [2.45, 2.75) is 45.0 Å². The molecule has 0 atom stereocenters. The molecule has 0 amide bonds. The van der Waals surface area contributed by atoms with Gasteiger partial charge in [0, 0.05) is 13.0 Å². The van der Waals surface area contributed by atoms with Crippen LogP contribution < -0.4 is 0 Å². The van der Waals surface area contributed by atoms with Crippen molar-refractivity contribution in [2.75, 3.05) is 0 Å². The number of hydrogen-bond donors (Lipinski definition) is 0. The summed E-state index contributed by atoms with van der Waals surface area (Å²) >= 11 is 3.42. The Bertz CT molecular complexity index is 257. The molecule has 3 nitrogen and oxygen atoms in total. The van der Waals surface area contributed by atoms with E-state index in [1.807, 2.05) is 0 Å². The van der Waals surface area contributed by atoms with Crippen LogP contribution in [0.1, 0.15) is 38.3 Å². The van der Waals surface area contributed by atoms with Crippen LogP contribution in [0.5, 0.6) is 0 Å². The van der Waals surface area contributed by atoms with Gasteiger partial charge in [0.1, 0.15) is 11.6 Å². The van der Waals surface area contributed by atoms with Gasteiger partial charge < -0.3 is 4.57 Å². The van der Waals surface area contributed by atoms with Crippen LogP contribution in [0.4, 0.5) is 0 Å². The predicted molar refractivity (Wildman–Crippen MR) is 56.9 cm³/mol.